The van der Waals surface area contributed by atoms with Crippen LogP contribution >= 0.6 is 0 Å². The molecule has 0 bridgehead atoms. The van der Waals surface area contributed by atoms with Crippen molar-refractivity contribution in [2.75, 3.05) is 13.1 Å². The molecule has 0 spiro atoms. The van der Waals surface area contributed by atoms with Crippen LogP contribution in [0.15, 0.2) is 54.6 Å². The fraction of sp³-hybridized carbons (Fsp3) is 0.300. The molecule has 0 heterocycles. The molecular weight excluding hydrogens is 300 g/mol. The average molecular weight is 324 g/mol. The van der Waals surface area contributed by atoms with Crippen LogP contribution in [0.1, 0.15) is 30.1 Å². The van der Waals surface area contributed by atoms with E-state index in [0.717, 1.165) is 11.1 Å². The van der Waals surface area contributed by atoms with E-state index in [2.05, 4.69) is 5.32 Å². The normalized spacial score (nSPS) is 11.8. The molecule has 0 radical (unpaired) electrons. The molecule has 2 aromatic rings. The quantitative estimate of drug-likeness (QED) is 0.733. The molecule has 0 aliphatic carbocycles. The molecule has 2 aromatic carbocycles. The van der Waals surface area contributed by atoms with E-state index >= 15 is 0 Å². The van der Waals surface area contributed by atoms with Crippen LogP contribution < -0.4 is 11.1 Å². The van der Waals surface area contributed by atoms with Gasteiger partial charge in [-0.3, -0.25) is 9.59 Å². The topological polar surface area (TPSA) is 72.2 Å². The molecule has 0 saturated heterocycles. The van der Waals surface area contributed by atoms with Crippen molar-refractivity contribution < 1.29 is 9.59 Å². The van der Waals surface area contributed by atoms with Crippen molar-refractivity contribution in [1.82, 2.24) is 5.32 Å². The van der Waals surface area contributed by atoms with E-state index in [0.29, 0.717) is 18.7 Å². The summed E-state index contributed by atoms with van der Waals surface area (Å²) in [4.78, 5) is 23.9. The van der Waals surface area contributed by atoms with Crippen molar-refractivity contribution in [1.29, 1.82) is 0 Å². The molecule has 0 saturated carbocycles. The number of Topliss-reactive ketones (excluding diaryl/α,β-unsaturated/α-hetero) is 1. The second-order valence-electron chi connectivity index (χ2n) is 6.01. The first-order valence-electron chi connectivity index (χ1n) is 8.25. The number of hydrogen-bond donors (Lipinski definition) is 2. The van der Waals surface area contributed by atoms with E-state index in [1.807, 2.05) is 61.5 Å². The number of hydrogen-bond acceptors (Lipinski definition) is 3. The Morgan fingerprint density at radius 3 is 2.21 bits per heavy atom. The van der Waals surface area contributed by atoms with Crippen molar-refractivity contribution in [3.05, 3.63) is 60.2 Å². The van der Waals surface area contributed by atoms with Gasteiger partial charge in [0.2, 0.25) is 5.91 Å². The SMILES string of the molecule is CC(CN)CNC(=O)CCC(=O)c1ccc(-c2ccccc2)cc1. The van der Waals surface area contributed by atoms with Gasteiger partial charge in [-0.05, 0) is 23.6 Å². The summed E-state index contributed by atoms with van der Waals surface area (Å²) in [6.45, 7) is 3.06. The molecule has 0 aromatic heterocycles. The van der Waals surface area contributed by atoms with Crippen LogP contribution in [0.25, 0.3) is 11.1 Å². The predicted octanol–water partition coefficient (Wildman–Crippen LogP) is 3.03. The predicted molar refractivity (Wildman–Crippen MR) is 96.7 cm³/mol. The van der Waals surface area contributed by atoms with Gasteiger partial charge < -0.3 is 11.1 Å². The molecule has 1 atom stereocenters. The molecule has 24 heavy (non-hydrogen) atoms. The summed E-state index contributed by atoms with van der Waals surface area (Å²) in [5.74, 6) is 0.122. The Kier molecular flexibility index (Phi) is 6.70. The highest BCUT2D eigenvalue weighted by Gasteiger charge is 2.10. The number of ketones is 1. The lowest BCUT2D eigenvalue weighted by Crippen LogP contribution is -2.31. The molecule has 1 amide bonds. The Balaban J connectivity index is 1.86. The smallest absolute Gasteiger partial charge is 0.220 e. The molecule has 0 fully saturated rings. The summed E-state index contributed by atoms with van der Waals surface area (Å²) in [5.41, 5.74) is 8.33. The maximum atomic E-state index is 12.2. The minimum Gasteiger partial charge on any atom is -0.356 e. The number of rotatable bonds is 8. The summed E-state index contributed by atoms with van der Waals surface area (Å²) >= 11 is 0. The lowest BCUT2D eigenvalue weighted by molar-refractivity contribution is -0.121. The van der Waals surface area contributed by atoms with Gasteiger partial charge in [0.25, 0.3) is 0 Å². The Bertz CT molecular complexity index is 666. The van der Waals surface area contributed by atoms with E-state index in [1.165, 1.54) is 0 Å². The first-order chi connectivity index (χ1) is 11.6. The summed E-state index contributed by atoms with van der Waals surface area (Å²) in [5, 5.41) is 2.80. The molecule has 4 heteroatoms. The van der Waals surface area contributed by atoms with Gasteiger partial charge in [0.05, 0.1) is 0 Å². The number of carbonyl (C=O) groups is 2. The third-order valence-corrected chi connectivity index (χ3v) is 3.94. The largest absolute Gasteiger partial charge is 0.356 e. The fourth-order valence-electron chi connectivity index (χ4n) is 2.31. The van der Waals surface area contributed by atoms with Gasteiger partial charge in [0.15, 0.2) is 5.78 Å². The highest BCUT2D eigenvalue weighted by atomic mass is 16.2. The third kappa shape index (κ3) is 5.32. The van der Waals surface area contributed by atoms with E-state index in [9.17, 15) is 9.59 Å². The van der Waals surface area contributed by atoms with Crippen molar-refractivity contribution in [2.45, 2.75) is 19.8 Å². The van der Waals surface area contributed by atoms with Crippen LogP contribution in [0.3, 0.4) is 0 Å². The second kappa shape index (κ2) is 8.99. The van der Waals surface area contributed by atoms with E-state index in [4.69, 9.17) is 5.73 Å². The van der Waals surface area contributed by atoms with Crippen LogP contribution in [0.5, 0.6) is 0 Å². The van der Waals surface area contributed by atoms with Crippen molar-refractivity contribution in [3.63, 3.8) is 0 Å². The highest BCUT2D eigenvalue weighted by Crippen LogP contribution is 2.19. The molecule has 4 nitrogen and oxygen atoms in total. The summed E-state index contributed by atoms with van der Waals surface area (Å²) in [7, 11) is 0. The third-order valence-electron chi connectivity index (χ3n) is 3.94. The molecule has 126 valence electrons. The minimum atomic E-state index is -0.107. The van der Waals surface area contributed by atoms with Crippen LogP contribution in [-0.4, -0.2) is 24.8 Å². The Morgan fingerprint density at radius 2 is 1.58 bits per heavy atom. The fourth-order valence-corrected chi connectivity index (χ4v) is 2.31. The molecule has 3 N–H and O–H groups in total. The summed E-state index contributed by atoms with van der Waals surface area (Å²) < 4.78 is 0. The number of amides is 1. The van der Waals surface area contributed by atoms with Gasteiger partial charge in [0.1, 0.15) is 0 Å². The van der Waals surface area contributed by atoms with Crippen molar-refractivity contribution in [3.8, 4) is 11.1 Å². The monoisotopic (exact) mass is 324 g/mol. The van der Waals surface area contributed by atoms with Gasteiger partial charge in [-0.1, -0.05) is 61.5 Å². The molecule has 1 unspecified atom stereocenters. The second-order valence-corrected chi connectivity index (χ2v) is 6.01. The first-order valence-corrected chi connectivity index (χ1v) is 8.25. The molecular formula is C20H24N2O2. The van der Waals surface area contributed by atoms with E-state index < -0.39 is 0 Å². The Hall–Kier alpha value is -2.46. The van der Waals surface area contributed by atoms with E-state index in [-0.39, 0.29) is 30.4 Å². The first kappa shape index (κ1) is 17.9. The van der Waals surface area contributed by atoms with Gasteiger partial charge in [-0.15, -0.1) is 0 Å². The number of carbonyl (C=O) groups excluding carboxylic acids is 2. The lowest BCUT2D eigenvalue weighted by atomic mass is 10.0. The zero-order valence-electron chi connectivity index (χ0n) is 14.0. The average Bonchev–Trinajstić information content (AvgIpc) is 2.64. The summed E-state index contributed by atoms with van der Waals surface area (Å²) in [6, 6.07) is 17.5. The van der Waals surface area contributed by atoms with Gasteiger partial charge in [0, 0.05) is 24.9 Å². The van der Waals surface area contributed by atoms with Gasteiger partial charge >= 0.3 is 0 Å². The summed E-state index contributed by atoms with van der Waals surface area (Å²) in [6.07, 6.45) is 0.421. The van der Waals surface area contributed by atoms with Crippen LogP contribution in [0.4, 0.5) is 0 Å². The zero-order valence-corrected chi connectivity index (χ0v) is 14.0. The maximum absolute atomic E-state index is 12.2. The minimum absolute atomic E-state index is 0.0170. The molecule has 2 rings (SSSR count). The van der Waals surface area contributed by atoms with Gasteiger partial charge in [-0.25, -0.2) is 0 Å². The Morgan fingerprint density at radius 1 is 0.958 bits per heavy atom. The van der Waals surface area contributed by atoms with Crippen LogP contribution in [0, 0.1) is 5.92 Å². The Labute approximate surface area is 143 Å². The maximum Gasteiger partial charge on any atom is 0.220 e. The van der Waals surface area contributed by atoms with Gasteiger partial charge in [-0.2, -0.15) is 0 Å². The van der Waals surface area contributed by atoms with E-state index in [1.54, 1.807) is 0 Å². The number of nitrogens with one attached hydrogen (secondary N) is 1. The lowest BCUT2D eigenvalue weighted by Gasteiger charge is -2.09. The van der Waals surface area contributed by atoms with Crippen molar-refractivity contribution in [2.24, 2.45) is 11.7 Å². The zero-order chi connectivity index (χ0) is 17.4. The number of nitrogens with two attached hydrogens (primary N) is 1. The highest BCUT2D eigenvalue weighted by molar-refractivity contribution is 5.98. The van der Waals surface area contributed by atoms with Crippen molar-refractivity contribution >= 4 is 11.7 Å². The van der Waals surface area contributed by atoms with Crippen LogP contribution in [0.2, 0.25) is 0 Å². The molecule has 0 aliphatic rings. The van der Waals surface area contributed by atoms with Crippen LogP contribution in [-0.2, 0) is 4.79 Å². The molecule has 0 aliphatic heterocycles. The number of benzene rings is 2. The standard InChI is InChI=1S/C20H24N2O2/c1-15(13-21)14-22-20(24)12-11-19(23)18-9-7-17(8-10-18)16-5-3-2-4-6-16/h2-10,15H,11-14,21H2,1H3,(H,22,24).